The summed E-state index contributed by atoms with van der Waals surface area (Å²) >= 11 is 7.83. The number of halogens is 4. The smallest absolute Gasteiger partial charge is 0.297 e. The molecule has 0 bridgehead atoms. The maximum atomic E-state index is 12.8. The Morgan fingerprint density at radius 1 is 1.27 bits per heavy atom. The zero-order valence-electron chi connectivity index (χ0n) is 12.0. The number of nitrogens with one attached hydrogen (secondary N) is 1. The zero-order valence-corrected chi connectivity index (χ0v) is 15.0. The molecular weight excluding hydrogens is 427 g/mol. The summed E-state index contributed by atoms with van der Waals surface area (Å²) in [7, 11) is 1.57. The minimum atomic E-state index is -2.79. The van der Waals surface area contributed by atoms with Crippen LogP contribution in [0.5, 0.6) is 5.75 Å². The summed E-state index contributed by atoms with van der Waals surface area (Å²) in [6.45, 7) is 3.77. The van der Waals surface area contributed by atoms with Gasteiger partial charge in [0, 0.05) is 11.3 Å². The number of hydrogen-bond donors (Lipinski definition) is 1. The van der Waals surface area contributed by atoms with Crippen molar-refractivity contribution in [3.05, 3.63) is 37.8 Å². The van der Waals surface area contributed by atoms with Crippen molar-refractivity contribution < 1.29 is 13.5 Å². The van der Waals surface area contributed by atoms with E-state index in [2.05, 4.69) is 15.3 Å². The van der Waals surface area contributed by atoms with Gasteiger partial charge in [0.25, 0.3) is 6.43 Å². The lowest BCUT2D eigenvalue weighted by atomic mass is 10.1. The highest BCUT2D eigenvalue weighted by Gasteiger charge is 2.18. The van der Waals surface area contributed by atoms with E-state index in [0.29, 0.717) is 9.32 Å². The second-order valence-corrected chi connectivity index (χ2v) is 5.98. The van der Waals surface area contributed by atoms with Crippen molar-refractivity contribution in [2.24, 2.45) is 0 Å². The molecule has 0 aliphatic heterocycles. The summed E-state index contributed by atoms with van der Waals surface area (Å²) in [5, 5.41) is 3.06. The van der Waals surface area contributed by atoms with Gasteiger partial charge in [0.05, 0.1) is 10.7 Å². The van der Waals surface area contributed by atoms with Gasteiger partial charge >= 0.3 is 0 Å². The molecule has 0 fully saturated rings. The van der Waals surface area contributed by atoms with Gasteiger partial charge in [-0.25, -0.2) is 18.7 Å². The van der Waals surface area contributed by atoms with Gasteiger partial charge in [-0.2, -0.15) is 0 Å². The van der Waals surface area contributed by atoms with Crippen molar-refractivity contribution in [3.63, 3.8) is 0 Å². The summed E-state index contributed by atoms with van der Waals surface area (Å²) in [5.41, 5.74) is 2.53. The van der Waals surface area contributed by atoms with Gasteiger partial charge in [0.2, 0.25) is 0 Å². The van der Waals surface area contributed by atoms with E-state index in [4.69, 9.17) is 16.3 Å². The first kappa shape index (κ1) is 17.1. The molecule has 0 saturated heterocycles. The van der Waals surface area contributed by atoms with Crippen LogP contribution in [0.2, 0.25) is 5.15 Å². The van der Waals surface area contributed by atoms with Gasteiger partial charge in [-0.15, -0.1) is 0 Å². The van der Waals surface area contributed by atoms with Crippen molar-refractivity contribution >= 4 is 45.7 Å². The standard InChI is InChI=1S/C14H13ClF2IN3O/c1-6-4-5-8(22-3)7(2)10(6)19-13-9(18)11(15)20-14(21-13)12(16)17/h4-5,12H,1-3H3,(H,19,20,21). The van der Waals surface area contributed by atoms with Crippen LogP contribution in [-0.2, 0) is 0 Å². The van der Waals surface area contributed by atoms with Crippen LogP contribution in [0, 0.1) is 17.4 Å². The van der Waals surface area contributed by atoms with Crippen molar-refractivity contribution in [3.8, 4) is 5.75 Å². The highest BCUT2D eigenvalue weighted by atomic mass is 127. The van der Waals surface area contributed by atoms with Crippen molar-refractivity contribution in [2.45, 2.75) is 20.3 Å². The molecular formula is C14H13ClF2IN3O. The molecule has 22 heavy (non-hydrogen) atoms. The molecule has 0 amide bonds. The molecule has 1 aromatic heterocycles. The van der Waals surface area contributed by atoms with Crippen LogP contribution in [0.3, 0.4) is 0 Å². The van der Waals surface area contributed by atoms with E-state index in [1.807, 2.05) is 48.6 Å². The second kappa shape index (κ2) is 6.91. The number of rotatable bonds is 4. The van der Waals surface area contributed by atoms with Crippen LogP contribution in [0.1, 0.15) is 23.4 Å². The Morgan fingerprint density at radius 3 is 2.55 bits per heavy atom. The Kier molecular flexibility index (Phi) is 5.38. The Balaban J connectivity index is 2.52. The van der Waals surface area contributed by atoms with E-state index in [-0.39, 0.29) is 11.0 Å². The molecule has 2 rings (SSSR count). The van der Waals surface area contributed by atoms with Crippen LogP contribution in [-0.4, -0.2) is 17.1 Å². The number of alkyl halides is 2. The first-order valence-electron chi connectivity index (χ1n) is 6.27. The molecule has 8 heteroatoms. The molecule has 1 heterocycles. The minimum Gasteiger partial charge on any atom is -0.496 e. The van der Waals surface area contributed by atoms with Crippen molar-refractivity contribution in [1.29, 1.82) is 0 Å². The summed E-state index contributed by atoms with van der Waals surface area (Å²) in [6.07, 6.45) is -2.79. The fourth-order valence-electron chi connectivity index (χ4n) is 1.98. The number of benzene rings is 1. The molecule has 1 N–H and O–H groups in total. The molecule has 0 atom stereocenters. The van der Waals surface area contributed by atoms with Gasteiger partial charge in [-0.05, 0) is 48.1 Å². The molecule has 118 valence electrons. The average molecular weight is 440 g/mol. The Bertz CT molecular complexity index is 713. The molecule has 0 aliphatic carbocycles. The fourth-order valence-corrected chi connectivity index (χ4v) is 2.53. The van der Waals surface area contributed by atoms with Crippen LogP contribution < -0.4 is 10.1 Å². The average Bonchev–Trinajstić information content (AvgIpc) is 2.47. The second-order valence-electron chi connectivity index (χ2n) is 4.55. The van der Waals surface area contributed by atoms with Gasteiger partial charge in [-0.1, -0.05) is 17.7 Å². The van der Waals surface area contributed by atoms with Crippen molar-refractivity contribution in [1.82, 2.24) is 9.97 Å². The van der Waals surface area contributed by atoms with E-state index in [1.165, 1.54) is 0 Å². The summed E-state index contributed by atoms with van der Waals surface area (Å²) < 4.78 is 31.4. The molecule has 4 nitrogen and oxygen atoms in total. The van der Waals surface area contributed by atoms with E-state index >= 15 is 0 Å². The maximum Gasteiger partial charge on any atom is 0.297 e. The van der Waals surface area contributed by atoms with Crippen LogP contribution in [0.25, 0.3) is 0 Å². The minimum absolute atomic E-state index is 0.00778. The Labute approximate surface area is 145 Å². The van der Waals surface area contributed by atoms with Gasteiger partial charge in [-0.3, -0.25) is 0 Å². The summed E-state index contributed by atoms with van der Waals surface area (Å²) in [6, 6.07) is 3.72. The molecule has 0 saturated carbocycles. The third-order valence-electron chi connectivity index (χ3n) is 3.11. The fraction of sp³-hybridized carbons (Fsp3) is 0.286. The van der Waals surface area contributed by atoms with Gasteiger partial charge in [0.1, 0.15) is 16.7 Å². The molecule has 2 aromatic rings. The number of anilines is 2. The molecule has 0 unspecified atom stereocenters. The van der Waals surface area contributed by atoms with Crippen LogP contribution in [0.4, 0.5) is 20.3 Å². The van der Waals surface area contributed by atoms with Crippen LogP contribution >= 0.6 is 34.2 Å². The first-order chi connectivity index (χ1) is 10.3. The third kappa shape index (κ3) is 3.40. The lowest BCUT2D eigenvalue weighted by Crippen LogP contribution is -2.06. The largest absolute Gasteiger partial charge is 0.496 e. The normalized spacial score (nSPS) is 10.9. The van der Waals surface area contributed by atoms with E-state index in [1.54, 1.807) is 7.11 Å². The number of aryl methyl sites for hydroxylation is 1. The lowest BCUT2D eigenvalue weighted by Gasteiger charge is -2.16. The number of methoxy groups -OCH3 is 1. The number of ether oxygens (including phenoxy) is 1. The lowest BCUT2D eigenvalue weighted by molar-refractivity contribution is 0.140. The molecule has 0 radical (unpaired) electrons. The Morgan fingerprint density at radius 2 is 1.95 bits per heavy atom. The topological polar surface area (TPSA) is 47.0 Å². The van der Waals surface area contributed by atoms with E-state index in [0.717, 1.165) is 16.8 Å². The number of nitrogens with zero attached hydrogens (tertiary/aromatic N) is 2. The molecule has 0 spiro atoms. The monoisotopic (exact) mass is 439 g/mol. The van der Waals surface area contributed by atoms with E-state index < -0.39 is 12.2 Å². The zero-order chi connectivity index (χ0) is 16.4. The van der Waals surface area contributed by atoms with Crippen LogP contribution in [0.15, 0.2) is 12.1 Å². The van der Waals surface area contributed by atoms with E-state index in [9.17, 15) is 8.78 Å². The first-order valence-corrected chi connectivity index (χ1v) is 7.73. The number of hydrogen-bond acceptors (Lipinski definition) is 4. The highest BCUT2D eigenvalue weighted by molar-refractivity contribution is 14.1. The van der Waals surface area contributed by atoms with Gasteiger partial charge < -0.3 is 10.1 Å². The predicted molar refractivity (Wildman–Crippen MR) is 90.5 cm³/mol. The maximum absolute atomic E-state index is 12.8. The molecule has 1 aromatic carbocycles. The quantitative estimate of drug-likeness (QED) is 0.535. The SMILES string of the molecule is COc1ccc(C)c(Nc2nc(C(F)F)nc(Cl)c2I)c1C. The number of aromatic nitrogens is 2. The Hall–Kier alpha value is -1.22. The van der Waals surface area contributed by atoms with Crippen molar-refractivity contribution in [2.75, 3.05) is 12.4 Å². The summed E-state index contributed by atoms with van der Waals surface area (Å²) in [4.78, 5) is 7.45. The highest BCUT2D eigenvalue weighted by Crippen LogP contribution is 2.34. The molecule has 0 aliphatic rings. The van der Waals surface area contributed by atoms with Gasteiger partial charge in [0.15, 0.2) is 5.82 Å². The summed E-state index contributed by atoms with van der Waals surface area (Å²) in [5.74, 6) is 0.332. The third-order valence-corrected chi connectivity index (χ3v) is 4.72. The predicted octanol–water partition coefficient (Wildman–Crippen LogP) is 5.04.